The molecule has 0 radical (unpaired) electrons. The number of allylic oxidation sites excluding steroid dienone is 2. The van der Waals surface area contributed by atoms with E-state index in [-0.39, 0.29) is 0 Å². The summed E-state index contributed by atoms with van der Waals surface area (Å²) < 4.78 is 0. The van der Waals surface area contributed by atoms with Crippen molar-refractivity contribution >= 4 is 7.85 Å². The van der Waals surface area contributed by atoms with Crippen molar-refractivity contribution in [3.05, 3.63) is 47.4 Å². The van der Waals surface area contributed by atoms with E-state index in [1.807, 2.05) is 0 Å². The van der Waals surface area contributed by atoms with Gasteiger partial charge in [-0.25, -0.2) is 0 Å². The maximum atomic E-state index is 2.39. The Morgan fingerprint density at radius 1 is 1.15 bits per heavy atom. The molecule has 0 bridgehead atoms. The summed E-state index contributed by atoms with van der Waals surface area (Å²) in [7, 11) is 2.24. The van der Waals surface area contributed by atoms with Crippen molar-refractivity contribution in [1.82, 2.24) is 0 Å². The van der Waals surface area contributed by atoms with E-state index < -0.39 is 0 Å². The summed E-state index contributed by atoms with van der Waals surface area (Å²) in [5.74, 6) is 0.768. The van der Waals surface area contributed by atoms with Gasteiger partial charge in [0, 0.05) is 0 Å². The number of hydrogen-bond donors (Lipinski definition) is 0. The highest BCUT2D eigenvalue weighted by Gasteiger charge is 2.13. The minimum atomic E-state index is 0.768. The van der Waals surface area contributed by atoms with Gasteiger partial charge in [0.05, 0.1) is 0 Å². The van der Waals surface area contributed by atoms with Crippen molar-refractivity contribution in [3.8, 4) is 0 Å². The second-order valence-electron chi connectivity index (χ2n) is 3.93. The second kappa shape index (κ2) is 3.82. The zero-order valence-electron chi connectivity index (χ0n) is 8.16. The predicted molar refractivity (Wildman–Crippen MR) is 59.7 cm³/mol. The van der Waals surface area contributed by atoms with E-state index in [0.29, 0.717) is 0 Å². The fraction of sp³-hybridized carbons (Fsp3) is 0.333. The summed E-state index contributed by atoms with van der Waals surface area (Å²) in [6.45, 7) is 0. The minimum absolute atomic E-state index is 0.768. The molecule has 1 aromatic rings. The number of rotatable bonds is 1. The first-order chi connectivity index (χ1) is 6.36. The van der Waals surface area contributed by atoms with Crippen molar-refractivity contribution in [2.45, 2.75) is 25.2 Å². The number of hydrogen-bond acceptors (Lipinski definition) is 0. The summed E-state index contributed by atoms with van der Waals surface area (Å²) in [6.07, 6.45) is 6.23. The monoisotopic (exact) mass is 170 g/mol. The molecule has 0 amide bonds. The van der Waals surface area contributed by atoms with E-state index in [1.54, 1.807) is 5.47 Å². The molecule has 1 unspecified atom stereocenters. The zero-order chi connectivity index (χ0) is 9.10. The van der Waals surface area contributed by atoms with Crippen molar-refractivity contribution in [1.29, 1.82) is 0 Å². The molecule has 2 rings (SSSR count). The van der Waals surface area contributed by atoms with E-state index in [1.165, 1.54) is 24.8 Å². The highest BCUT2D eigenvalue weighted by atomic mass is 14.2. The molecule has 1 aromatic carbocycles. The third-order valence-corrected chi connectivity index (χ3v) is 2.91. The maximum Gasteiger partial charge on any atom is 0.133 e. The van der Waals surface area contributed by atoms with Gasteiger partial charge in [-0.15, -0.1) is 5.47 Å². The summed E-state index contributed by atoms with van der Waals surface area (Å²) in [4.78, 5) is 0. The van der Waals surface area contributed by atoms with E-state index in [4.69, 9.17) is 0 Å². The highest BCUT2D eigenvalue weighted by Crippen LogP contribution is 2.30. The highest BCUT2D eigenvalue weighted by molar-refractivity contribution is 6.21. The largest absolute Gasteiger partial charge is 0.133 e. The normalized spacial score (nSPS) is 22.5. The summed E-state index contributed by atoms with van der Waals surface area (Å²) in [6, 6.07) is 10.9. The molecule has 0 nitrogen and oxygen atoms in total. The van der Waals surface area contributed by atoms with E-state index in [0.717, 1.165) is 5.92 Å². The predicted octanol–water partition coefficient (Wildman–Crippen LogP) is 2.47. The van der Waals surface area contributed by atoms with Gasteiger partial charge in [-0.1, -0.05) is 36.4 Å². The van der Waals surface area contributed by atoms with Crippen LogP contribution in [0.4, 0.5) is 0 Å². The van der Waals surface area contributed by atoms with Gasteiger partial charge in [0.25, 0.3) is 0 Å². The second-order valence-corrected chi connectivity index (χ2v) is 3.93. The van der Waals surface area contributed by atoms with Crippen LogP contribution in [0.3, 0.4) is 0 Å². The van der Waals surface area contributed by atoms with Gasteiger partial charge >= 0.3 is 0 Å². The molecule has 1 atom stereocenters. The van der Waals surface area contributed by atoms with Crippen LogP contribution in [0.25, 0.3) is 0 Å². The van der Waals surface area contributed by atoms with Crippen molar-refractivity contribution < 1.29 is 0 Å². The number of benzene rings is 1. The molecule has 0 fully saturated rings. The lowest BCUT2D eigenvalue weighted by Crippen LogP contribution is -2.03. The Bertz CT molecular complexity index is 300. The first kappa shape index (κ1) is 8.62. The van der Waals surface area contributed by atoms with Crippen LogP contribution in [0.15, 0.2) is 41.9 Å². The van der Waals surface area contributed by atoms with Crippen molar-refractivity contribution in [2.24, 2.45) is 0 Å². The molecule has 66 valence electrons. The molecule has 1 heteroatoms. The quantitative estimate of drug-likeness (QED) is 0.568. The zero-order valence-corrected chi connectivity index (χ0v) is 8.16. The molecule has 0 spiro atoms. The molecule has 0 aliphatic heterocycles. The van der Waals surface area contributed by atoms with Gasteiger partial charge in [0.15, 0.2) is 0 Å². The Morgan fingerprint density at radius 3 is 2.54 bits per heavy atom. The average molecular weight is 170 g/mol. The average Bonchev–Trinajstić information content (AvgIpc) is 2.20. The molecule has 1 aliphatic rings. The van der Waals surface area contributed by atoms with Crippen LogP contribution in [-0.4, -0.2) is 7.85 Å². The van der Waals surface area contributed by atoms with Crippen LogP contribution in [0.5, 0.6) is 0 Å². The van der Waals surface area contributed by atoms with Gasteiger partial charge in [0.2, 0.25) is 0 Å². The van der Waals surface area contributed by atoms with E-state index in [9.17, 15) is 0 Å². The summed E-state index contributed by atoms with van der Waals surface area (Å²) >= 11 is 0. The lowest BCUT2D eigenvalue weighted by Gasteiger charge is -2.20. The first-order valence-electron chi connectivity index (χ1n) is 5.07. The summed E-state index contributed by atoms with van der Waals surface area (Å²) in [5.41, 5.74) is 3.07. The smallest absolute Gasteiger partial charge is 0.114 e. The van der Waals surface area contributed by atoms with Gasteiger partial charge in [0.1, 0.15) is 7.85 Å². The third kappa shape index (κ3) is 2.03. The van der Waals surface area contributed by atoms with E-state index in [2.05, 4.69) is 44.3 Å². The van der Waals surface area contributed by atoms with Crippen LogP contribution in [0, 0.1) is 0 Å². The van der Waals surface area contributed by atoms with Crippen LogP contribution in [0.1, 0.15) is 30.7 Å². The van der Waals surface area contributed by atoms with Crippen molar-refractivity contribution in [2.75, 3.05) is 0 Å². The van der Waals surface area contributed by atoms with Gasteiger partial charge in [-0.3, -0.25) is 0 Å². The van der Waals surface area contributed by atoms with Gasteiger partial charge in [-0.05, 0) is 30.7 Å². The molecule has 1 aliphatic carbocycles. The van der Waals surface area contributed by atoms with Crippen LogP contribution < -0.4 is 0 Å². The first-order valence-corrected chi connectivity index (χ1v) is 5.07. The third-order valence-electron chi connectivity index (χ3n) is 2.91. The molecular formula is C12H15B. The molecule has 0 saturated carbocycles. The standard InChI is InChI=1S/C12H15B/c13-12-8-6-11(7-9-12)10-4-2-1-3-5-10/h1-5,8,11H,6-7,9,13H2. The Hall–Kier alpha value is -0.975. The SMILES string of the molecule is BC1=CCC(c2ccccc2)CC1. The molecular weight excluding hydrogens is 155 g/mol. The lowest BCUT2D eigenvalue weighted by molar-refractivity contribution is 0.611. The lowest BCUT2D eigenvalue weighted by atomic mass is 9.78. The molecule has 0 aromatic heterocycles. The van der Waals surface area contributed by atoms with Gasteiger partial charge in [-0.2, -0.15) is 0 Å². The van der Waals surface area contributed by atoms with Crippen molar-refractivity contribution in [3.63, 3.8) is 0 Å². The van der Waals surface area contributed by atoms with Crippen LogP contribution in [0.2, 0.25) is 0 Å². The van der Waals surface area contributed by atoms with Gasteiger partial charge < -0.3 is 0 Å². The fourth-order valence-corrected chi connectivity index (χ4v) is 1.99. The fourth-order valence-electron chi connectivity index (χ4n) is 1.99. The molecule has 0 saturated heterocycles. The Labute approximate surface area is 81.1 Å². The van der Waals surface area contributed by atoms with Crippen LogP contribution >= 0.6 is 0 Å². The molecule has 13 heavy (non-hydrogen) atoms. The minimum Gasteiger partial charge on any atom is -0.114 e. The Kier molecular flexibility index (Phi) is 2.53. The Morgan fingerprint density at radius 2 is 1.92 bits per heavy atom. The maximum absolute atomic E-state index is 2.39. The van der Waals surface area contributed by atoms with Crippen LogP contribution in [-0.2, 0) is 0 Å². The Balaban J connectivity index is 2.12. The van der Waals surface area contributed by atoms with E-state index >= 15 is 0 Å². The molecule has 0 heterocycles. The summed E-state index contributed by atoms with van der Waals surface area (Å²) in [5, 5.41) is 0. The topological polar surface area (TPSA) is 0 Å². The molecule has 0 N–H and O–H groups in total.